The summed E-state index contributed by atoms with van der Waals surface area (Å²) < 4.78 is 0.892. The summed E-state index contributed by atoms with van der Waals surface area (Å²) in [6, 6.07) is 2.00. The summed E-state index contributed by atoms with van der Waals surface area (Å²) >= 11 is 3.48. The van der Waals surface area contributed by atoms with Crippen LogP contribution in [-0.2, 0) is 6.42 Å². The zero-order valence-corrected chi connectivity index (χ0v) is 13.1. The molecule has 0 bridgehead atoms. The number of anilines is 1. The van der Waals surface area contributed by atoms with Crippen LogP contribution in [-0.4, -0.2) is 16.5 Å². The van der Waals surface area contributed by atoms with E-state index in [1.165, 1.54) is 25.7 Å². The Labute approximate surface area is 123 Å². The van der Waals surface area contributed by atoms with Crippen LogP contribution in [0.25, 0.3) is 0 Å². The van der Waals surface area contributed by atoms with E-state index in [1.54, 1.807) is 0 Å². The minimum Gasteiger partial charge on any atom is -0.370 e. The molecule has 0 aromatic carbocycles. The molecule has 3 nitrogen and oxygen atoms in total. The van der Waals surface area contributed by atoms with Gasteiger partial charge in [0.05, 0.1) is 0 Å². The molecule has 1 N–H and O–H groups in total. The molecule has 0 aliphatic heterocycles. The van der Waals surface area contributed by atoms with Crippen LogP contribution in [0.2, 0.25) is 0 Å². The number of nitrogens with one attached hydrogen (secondary N) is 1. The van der Waals surface area contributed by atoms with Crippen molar-refractivity contribution in [1.82, 2.24) is 9.97 Å². The Morgan fingerprint density at radius 1 is 1.26 bits per heavy atom. The first kappa shape index (κ1) is 13.3. The van der Waals surface area contributed by atoms with Gasteiger partial charge >= 0.3 is 0 Å². The molecule has 2 aliphatic rings. The first-order chi connectivity index (χ1) is 9.26. The summed E-state index contributed by atoms with van der Waals surface area (Å²) in [6.45, 7) is 3.25. The van der Waals surface area contributed by atoms with Crippen molar-refractivity contribution < 1.29 is 0 Å². The predicted octanol–water partition coefficient (Wildman–Crippen LogP) is 4.04. The van der Waals surface area contributed by atoms with Crippen LogP contribution in [0.5, 0.6) is 0 Å². The van der Waals surface area contributed by atoms with Crippen LogP contribution in [0.15, 0.2) is 10.7 Å². The van der Waals surface area contributed by atoms with E-state index in [2.05, 4.69) is 38.1 Å². The summed E-state index contributed by atoms with van der Waals surface area (Å²) in [4.78, 5) is 9.01. The van der Waals surface area contributed by atoms with Crippen molar-refractivity contribution in [3.63, 3.8) is 0 Å². The second-order valence-electron chi connectivity index (χ2n) is 5.96. The fraction of sp³-hybridized carbons (Fsp3) is 0.733. The van der Waals surface area contributed by atoms with Gasteiger partial charge in [-0.2, -0.15) is 0 Å². The average molecular weight is 324 g/mol. The van der Waals surface area contributed by atoms with Crippen LogP contribution in [0.4, 0.5) is 5.82 Å². The van der Waals surface area contributed by atoms with Crippen molar-refractivity contribution in [3.05, 3.63) is 16.5 Å². The first-order valence-corrected chi connectivity index (χ1v) is 8.33. The van der Waals surface area contributed by atoms with Crippen LogP contribution in [0, 0.1) is 17.8 Å². The number of hydrogen-bond acceptors (Lipinski definition) is 3. The molecule has 2 aliphatic carbocycles. The minimum absolute atomic E-state index is 0.878. The highest BCUT2D eigenvalue weighted by Gasteiger charge is 2.41. The molecule has 1 heterocycles. The number of hydrogen-bond donors (Lipinski definition) is 1. The standard InChI is InChI=1S/C15H22BrN3/c1-2-3-14-18-13(16)8-15(19-14)17-9-12(10-4-5-10)11-6-7-11/h8,10-12H,2-7,9H2,1H3,(H,17,18,19). The Hall–Kier alpha value is -0.640. The largest absolute Gasteiger partial charge is 0.370 e. The van der Waals surface area contributed by atoms with E-state index in [4.69, 9.17) is 0 Å². The van der Waals surface area contributed by atoms with Gasteiger partial charge in [-0.3, -0.25) is 0 Å². The monoisotopic (exact) mass is 323 g/mol. The molecule has 0 unspecified atom stereocenters. The van der Waals surface area contributed by atoms with E-state index < -0.39 is 0 Å². The average Bonchev–Trinajstić information content (AvgIpc) is 3.24. The molecule has 0 spiro atoms. The summed E-state index contributed by atoms with van der Waals surface area (Å²) in [5, 5.41) is 3.55. The fourth-order valence-corrected chi connectivity index (χ4v) is 3.30. The highest BCUT2D eigenvalue weighted by Crippen LogP contribution is 2.49. The molecule has 0 radical (unpaired) electrons. The Morgan fingerprint density at radius 2 is 1.95 bits per heavy atom. The molecule has 19 heavy (non-hydrogen) atoms. The maximum Gasteiger partial charge on any atom is 0.132 e. The molecule has 2 fully saturated rings. The van der Waals surface area contributed by atoms with Crippen LogP contribution in [0.1, 0.15) is 44.9 Å². The van der Waals surface area contributed by atoms with E-state index in [0.29, 0.717) is 0 Å². The third kappa shape index (κ3) is 3.68. The first-order valence-electron chi connectivity index (χ1n) is 7.53. The van der Waals surface area contributed by atoms with Crippen molar-refractivity contribution >= 4 is 21.7 Å². The van der Waals surface area contributed by atoms with Gasteiger partial charge < -0.3 is 5.32 Å². The van der Waals surface area contributed by atoms with E-state index in [0.717, 1.165) is 53.4 Å². The third-order valence-corrected chi connectivity index (χ3v) is 4.59. The van der Waals surface area contributed by atoms with Gasteiger partial charge in [0.2, 0.25) is 0 Å². The van der Waals surface area contributed by atoms with E-state index in [1.807, 2.05) is 6.07 Å². The maximum absolute atomic E-state index is 4.60. The van der Waals surface area contributed by atoms with Crippen LogP contribution < -0.4 is 5.32 Å². The molecule has 1 aromatic rings. The van der Waals surface area contributed by atoms with Gasteiger partial charge in [0.25, 0.3) is 0 Å². The van der Waals surface area contributed by atoms with Crippen molar-refractivity contribution in [1.29, 1.82) is 0 Å². The Kier molecular flexibility index (Phi) is 4.06. The maximum atomic E-state index is 4.60. The van der Waals surface area contributed by atoms with Crippen LogP contribution >= 0.6 is 15.9 Å². The molecule has 4 heteroatoms. The molecule has 3 rings (SSSR count). The SMILES string of the molecule is CCCc1nc(Br)cc(NCC(C2CC2)C2CC2)n1. The number of aromatic nitrogens is 2. The van der Waals surface area contributed by atoms with Gasteiger partial charge in [0, 0.05) is 19.0 Å². The quantitative estimate of drug-likeness (QED) is 0.769. The second-order valence-corrected chi connectivity index (χ2v) is 6.77. The Bertz CT molecular complexity index is 429. The lowest BCUT2D eigenvalue weighted by Gasteiger charge is -2.17. The number of nitrogens with zero attached hydrogens (tertiary/aromatic N) is 2. The molecule has 0 saturated heterocycles. The fourth-order valence-electron chi connectivity index (χ4n) is 2.88. The number of halogens is 1. The normalized spacial score (nSPS) is 18.9. The van der Waals surface area contributed by atoms with Gasteiger partial charge in [-0.05, 0) is 65.8 Å². The third-order valence-electron chi connectivity index (χ3n) is 4.19. The topological polar surface area (TPSA) is 37.8 Å². The van der Waals surface area contributed by atoms with Gasteiger partial charge in [-0.15, -0.1) is 0 Å². The van der Waals surface area contributed by atoms with Crippen molar-refractivity contribution in [3.8, 4) is 0 Å². The minimum atomic E-state index is 0.878. The van der Waals surface area contributed by atoms with E-state index >= 15 is 0 Å². The van der Waals surface area contributed by atoms with Gasteiger partial charge in [0.15, 0.2) is 0 Å². The highest BCUT2D eigenvalue weighted by atomic mass is 79.9. The lowest BCUT2D eigenvalue weighted by molar-refractivity contribution is 0.427. The summed E-state index contributed by atoms with van der Waals surface area (Å²) in [5.74, 6) is 4.77. The molecule has 104 valence electrons. The lowest BCUT2D eigenvalue weighted by atomic mass is 9.98. The Morgan fingerprint density at radius 3 is 2.53 bits per heavy atom. The number of rotatable bonds is 7. The number of aryl methyl sites for hydroxylation is 1. The summed E-state index contributed by atoms with van der Waals surface area (Å²) in [7, 11) is 0. The van der Waals surface area contributed by atoms with Crippen molar-refractivity contribution in [2.24, 2.45) is 17.8 Å². The molecule has 0 amide bonds. The predicted molar refractivity (Wildman–Crippen MR) is 81.2 cm³/mol. The van der Waals surface area contributed by atoms with E-state index in [-0.39, 0.29) is 0 Å². The summed E-state index contributed by atoms with van der Waals surface area (Å²) in [5.41, 5.74) is 0. The smallest absolute Gasteiger partial charge is 0.132 e. The van der Waals surface area contributed by atoms with Crippen molar-refractivity contribution in [2.45, 2.75) is 45.4 Å². The molecule has 2 saturated carbocycles. The zero-order valence-electron chi connectivity index (χ0n) is 11.5. The molecule has 0 atom stereocenters. The lowest BCUT2D eigenvalue weighted by Crippen LogP contribution is -2.19. The molecular weight excluding hydrogens is 302 g/mol. The Balaban J connectivity index is 1.61. The zero-order chi connectivity index (χ0) is 13.2. The van der Waals surface area contributed by atoms with Crippen molar-refractivity contribution in [2.75, 3.05) is 11.9 Å². The van der Waals surface area contributed by atoms with E-state index in [9.17, 15) is 0 Å². The van der Waals surface area contributed by atoms with Crippen LogP contribution in [0.3, 0.4) is 0 Å². The summed E-state index contributed by atoms with van der Waals surface area (Å²) in [6.07, 6.45) is 7.80. The van der Waals surface area contributed by atoms with Gasteiger partial charge in [-0.25, -0.2) is 9.97 Å². The molecular formula is C15H22BrN3. The second kappa shape index (κ2) is 5.78. The molecule has 1 aromatic heterocycles. The van der Waals surface area contributed by atoms with Gasteiger partial charge in [-0.1, -0.05) is 6.92 Å². The highest BCUT2D eigenvalue weighted by molar-refractivity contribution is 9.10. The van der Waals surface area contributed by atoms with Gasteiger partial charge in [0.1, 0.15) is 16.2 Å².